The molecule has 0 amide bonds. The molecule has 0 saturated carbocycles. The van der Waals surface area contributed by atoms with Crippen LogP contribution in [0.25, 0.3) is 0 Å². The fourth-order valence-electron chi connectivity index (χ4n) is 2.07. The zero-order valence-corrected chi connectivity index (χ0v) is 14.9. The predicted molar refractivity (Wildman–Crippen MR) is 95.8 cm³/mol. The summed E-state index contributed by atoms with van der Waals surface area (Å²) in [5.74, 6) is -0.504. The topological polar surface area (TPSA) is 50.4 Å². The maximum atomic E-state index is 12.8. The maximum absolute atomic E-state index is 12.8. The van der Waals surface area contributed by atoms with Gasteiger partial charge in [-0.2, -0.15) is 0 Å². The summed E-state index contributed by atoms with van der Waals surface area (Å²) in [6, 6.07) is 14.5. The summed E-state index contributed by atoms with van der Waals surface area (Å²) < 4.78 is 12.8. The van der Waals surface area contributed by atoms with Gasteiger partial charge in [0.15, 0.2) is 0 Å². The van der Waals surface area contributed by atoms with Crippen LogP contribution in [-0.4, -0.2) is 5.97 Å². The Morgan fingerprint density at radius 3 is 1.80 bits per heavy atom. The zero-order valence-electron chi connectivity index (χ0n) is 14.9. The smallest absolute Gasteiger partial charge is 0.329 e. The summed E-state index contributed by atoms with van der Waals surface area (Å²) in [6.07, 6.45) is 0. The highest BCUT2D eigenvalue weighted by molar-refractivity contribution is 5.75. The monoisotopic (exact) mass is 344 g/mol. The fourth-order valence-corrected chi connectivity index (χ4v) is 2.07. The average molecular weight is 344 g/mol. The van der Waals surface area contributed by atoms with E-state index in [2.05, 4.69) is 10.8 Å². The Kier molecular flexibility index (Phi) is 6.67. The number of rotatable bonds is 7. The highest BCUT2D eigenvalue weighted by atomic mass is 19.1. The van der Waals surface area contributed by atoms with Crippen molar-refractivity contribution in [2.45, 2.75) is 40.4 Å². The Morgan fingerprint density at radius 2 is 1.32 bits per heavy atom. The molecule has 0 aliphatic rings. The third-order valence-electron chi connectivity index (χ3n) is 3.65. The fraction of sp³-hybridized carbons (Fsp3) is 0.350. The molecule has 2 N–H and O–H groups in total. The minimum Gasteiger partial charge on any atom is -0.370 e. The largest absolute Gasteiger partial charge is 0.370 e. The Hall–Kier alpha value is -2.24. The Balaban J connectivity index is 1.72. The van der Waals surface area contributed by atoms with Crippen molar-refractivity contribution in [1.82, 2.24) is 10.8 Å². The predicted octanol–water partition coefficient (Wildman–Crippen LogP) is 3.71. The van der Waals surface area contributed by atoms with Crippen molar-refractivity contribution in [3.05, 3.63) is 71.0 Å². The Bertz CT molecular complexity index is 676. The highest BCUT2D eigenvalue weighted by Crippen LogP contribution is 2.14. The van der Waals surface area contributed by atoms with E-state index in [1.54, 1.807) is 12.1 Å². The van der Waals surface area contributed by atoms with Crippen molar-refractivity contribution in [1.29, 1.82) is 0 Å². The first-order chi connectivity index (χ1) is 11.8. The van der Waals surface area contributed by atoms with Gasteiger partial charge in [0.1, 0.15) is 5.82 Å². The molecule has 0 atom stereocenters. The maximum Gasteiger partial charge on any atom is 0.329 e. The molecule has 0 fully saturated rings. The van der Waals surface area contributed by atoms with Gasteiger partial charge in [0.25, 0.3) is 0 Å². The number of hydroxylamine groups is 1. The number of halogens is 1. The molecular weight excluding hydrogens is 319 g/mol. The molecule has 0 spiro atoms. The van der Waals surface area contributed by atoms with Crippen molar-refractivity contribution < 1.29 is 14.0 Å². The van der Waals surface area contributed by atoms with Crippen LogP contribution in [0.1, 0.15) is 37.5 Å². The van der Waals surface area contributed by atoms with Crippen molar-refractivity contribution >= 4 is 5.97 Å². The van der Waals surface area contributed by atoms with E-state index in [-0.39, 0.29) is 11.8 Å². The molecule has 134 valence electrons. The van der Waals surface area contributed by atoms with E-state index >= 15 is 0 Å². The molecule has 0 heterocycles. The van der Waals surface area contributed by atoms with Gasteiger partial charge in [0, 0.05) is 13.1 Å². The standard InChI is InChI=1S/C20H25FN2O2/c1-20(2,3)19(24)25-23-14-17-6-4-15(5-7-17)12-22-13-16-8-10-18(21)11-9-16/h4-11,22-23H,12-14H2,1-3H3. The Morgan fingerprint density at radius 1 is 0.880 bits per heavy atom. The Labute approximate surface area is 148 Å². The van der Waals surface area contributed by atoms with Crippen molar-refractivity contribution in [3.63, 3.8) is 0 Å². The van der Waals surface area contributed by atoms with Gasteiger partial charge in [-0.05, 0) is 49.6 Å². The van der Waals surface area contributed by atoms with Gasteiger partial charge in [-0.3, -0.25) is 0 Å². The molecule has 0 bridgehead atoms. The van der Waals surface area contributed by atoms with Crippen molar-refractivity contribution in [2.75, 3.05) is 0 Å². The molecule has 2 aromatic carbocycles. The lowest BCUT2D eigenvalue weighted by molar-refractivity contribution is -0.161. The number of benzene rings is 2. The molecule has 0 saturated heterocycles. The van der Waals surface area contributed by atoms with Gasteiger partial charge in [-0.1, -0.05) is 36.4 Å². The molecule has 0 aliphatic heterocycles. The van der Waals surface area contributed by atoms with Crippen LogP contribution >= 0.6 is 0 Å². The molecule has 25 heavy (non-hydrogen) atoms. The van der Waals surface area contributed by atoms with Crippen molar-refractivity contribution in [3.8, 4) is 0 Å². The molecule has 0 aliphatic carbocycles. The van der Waals surface area contributed by atoms with E-state index < -0.39 is 5.41 Å². The van der Waals surface area contributed by atoms with Crippen LogP contribution in [0.2, 0.25) is 0 Å². The molecule has 0 aromatic heterocycles. The van der Waals surface area contributed by atoms with Crippen LogP contribution in [0.15, 0.2) is 48.5 Å². The van der Waals surface area contributed by atoms with E-state index in [1.807, 2.05) is 45.0 Å². The second-order valence-corrected chi connectivity index (χ2v) is 7.01. The first kappa shape index (κ1) is 19.1. The third-order valence-corrected chi connectivity index (χ3v) is 3.65. The third kappa shape index (κ3) is 6.64. The molecule has 2 rings (SSSR count). The van der Waals surface area contributed by atoms with Gasteiger partial charge >= 0.3 is 5.97 Å². The molecular formula is C20H25FN2O2. The molecule has 4 nitrogen and oxygen atoms in total. The van der Waals surface area contributed by atoms with Gasteiger partial charge < -0.3 is 10.2 Å². The van der Waals surface area contributed by atoms with Crippen LogP contribution < -0.4 is 10.8 Å². The summed E-state index contributed by atoms with van der Waals surface area (Å²) in [5.41, 5.74) is 5.41. The normalized spacial score (nSPS) is 11.4. The summed E-state index contributed by atoms with van der Waals surface area (Å²) >= 11 is 0. The molecule has 0 unspecified atom stereocenters. The van der Waals surface area contributed by atoms with E-state index in [4.69, 9.17) is 4.84 Å². The van der Waals surface area contributed by atoms with Gasteiger partial charge in [0.2, 0.25) is 0 Å². The lowest BCUT2D eigenvalue weighted by Gasteiger charge is -2.16. The van der Waals surface area contributed by atoms with Gasteiger partial charge in [-0.15, -0.1) is 5.48 Å². The first-order valence-electron chi connectivity index (χ1n) is 8.32. The second kappa shape index (κ2) is 8.74. The van der Waals surface area contributed by atoms with E-state index in [9.17, 15) is 9.18 Å². The van der Waals surface area contributed by atoms with E-state index in [0.29, 0.717) is 13.1 Å². The highest BCUT2D eigenvalue weighted by Gasteiger charge is 2.23. The lowest BCUT2D eigenvalue weighted by atomic mass is 9.98. The minimum absolute atomic E-state index is 0.221. The second-order valence-electron chi connectivity index (χ2n) is 7.01. The van der Waals surface area contributed by atoms with Crippen molar-refractivity contribution in [2.24, 2.45) is 5.41 Å². The number of carbonyl (C=O) groups excluding carboxylic acids is 1. The number of hydrogen-bond acceptors (Lipinski definition) is 4. The lowest BCUT2D eigenvalue weighted by Crippen LogP contribution is -2.29. The van der Waals surface area contributed by atoms with Crippen LogP contribution in [0.4, 0.5) is 4.39 Å². The summed E-state index contributed by atoms with van der Waals surface area (Å²) in [5, 5.41) is 3.32. The molecule has 5 heteroatoms. The molecule has 2 aromatic rings. The number of carbonyl (C=O) groups is 1. The zero-order chi connectivity index (χ0) is 18.3. The van der Waals surface area contributed by atoms with Gasteiger partial charge in [-0.25, -0.2) is 9.18 Å². The van der Waals surface area contributed by atoms with Gasteiger partial charge in [0.05, 0.1) is 12.0 Å². The van der Waals surface area contributed by atoms with Crippen LogP contribution in [-0.2, 0) is 29.3 Å². The summed E-state index contributed by atoms with van der Waals surface area (Å²) in [7, 11) is 0. The molecule has 0 radical (unpaired) electrons. The minimum atomic E-state index is -0.521. The quantitative estimate of drug-likeness (QED) is 0.752. The van der Waals surface area contributed by atoms with Crippen LogP contribution in [0.3, 0.4) is 0 Å². The summed E-state index contributed by atoms with van der Waals surface area (Å²) in [6.45, 7) is 7.31. The van der Waals surface area contributed by atoms with Crippen LogP contribution in [0, 0.1) is 11.2 Å². The number of nitrogens with one attached hydrogen (secondary N) is 2. The SMILES string of the molecule is CC(C)(C)C(=O)ONCc1ccc(CNCc2ccc(F)cc2)cc1. The number of hydrogen-bond donors (Lipinski definition) is 2. The first-order valence-corrected chi connectivity index (χ1v) is 8.32. The van der Waals surface area contributed by atoms with E-state index in [1.165, 1.54) is 12.1 Å². The average Bonchev–Trinajstić information content (AvgIpc) is 2.57. The summed E-state index contributed by atoms with van der Waals surface area (Å²) in [4.78, 5) is 16.7. The van der Waals surface area contributed by atoms with Crippen LogP contribution in [0.5, 0.6) is 0 Å². The van der Waals surface area contributed by atoms with E-state index in [0.717, 1.165) is 23.2 Å².